The van der Waals surface area contributed by atoms with Crippen LogP contribution >= 0.6 is 22.7 Å². The third-order valence-electron chi connectivity index (χ3n) is 10.8. The van der Waals surface area contributed by atoms with Gasteiger partial charge in [0.05, 0.1) is 27.8 Å². The molecular formula is C45H62O4S2. The molecule has 0 unspecified atom stereocenters. The lowest BCUT2D eigenvalue weighted by Gasteiger charge is -2.24. The third-order valence-corrected chi connectivity index (χ3v) is 13.0. The van der Waals surface area contributed by atoms with E-state index in [9.17, 15) is 9.59 Å². The number of hydrogen-bond acceptors (Lipinski definition) is 6. The topological polar surface area (TPSA) is 52.6 Å². The number of hydrogen-bond donors (Lipinski definition) is 0. The van der Waals surface area contributed by atoms with E-state index in [2.05, 4.69) is 32.1 Å². The number of aldehydes is 2. The average Bonchev–Trinajstić information content (AvgIpc) is 3.97. The fourth-order valence-corrected chi connectivity index (χ4v) is 9.89. The van der Waals surface area contributed by atoms with Gasteiger partial charge in [-0.25, -0.2) is 0 Å². The van der Waals surface area contributed by atoms with Crippen molar-refractivity contribution in [1.29, 1.82) is 0 Å². The van der Waals surface area contributed by atoms with Crippen molar-refractivity contribution < 1.29 is 19.1 Å². The number of allylic oxidation sites excluding steroid dienone is 2. The summed E-state index contributed by atoms with van der Waals surface area (Å²) in [5.41, 5.74) is 4.61. The average molecular weight is 731 g/mol. The fourth-order valence-electron chi connectivity index (χ4n) is 7.95. The Balaban J connectivity index is 1.31. The molecule has 2 aliphatic carbocycles. The molecule has 0 aliphatic heterocycles. The summed E-state index contributed by atoms with van der Waals surface area (Å²) in [7, 11) is 0. The second kappa shape index (κ2) is 21.7. The van der Waals surface area contributed by atoms with E-state index in [-0.39, 0.29) is 0 Å². The maximum Gasteiger partial charge on any atom is 0.160 e. The molecule has 0 saturated heterocycles. The van der Waals surface area contributed by atoms with Gasteiger partial charge in [0.15, 0.2) is 12.6 Å². The summed E-state index contributed by atoms with van der Waals surface area (Å²) in [6.45, 7) is 5.95. The van der Waals surface area contributed by atoms with Crippen molar-refractivity contribution in [3.63, 3.8) is 0 Å². The SMILES string of the molecule is CCCCCCCCCCCCOc1cc(-c2cc(C=O)sc2-c2ccc(C=O)s2)c(OCCCCCCCCCCCC)c2c1[C@@H]1C=C[C@H]2C1. The monoisotopic (exact) mass is 730 g/mol. The van der Waals surface area contributed by atoms with E-state index in [1.54, 1.807) is 0 Å². The predicted octanol–water partition coefficient (Wildman–Crippen LogP) is 14.5. The molecule has 5 rings (SSSR count). The Kier molecular flexibility index (Phi) is 16.8. The fraction of sp³-hybridized carbons (Fsp3) is 0.600. The van der Waals surface area contributed by atoms with Crippen LogP contribution in [0.2, 0.25) is 0 Å². The number of rotatable bonds is 28. The molecule has 0 spiro atoms. The van der Waals surface area contributed by atoms with Gasteiger partial charge in [-0.3, -0.25) is 9.59 Å². The number of carbonyl (C=O) groups is 2. The van der Waals surface area contributed by atoms with Gasteiger partial charge in [-0.05, 0) is 43.5 Å². The number of unbranched alkanes of at least 4 members (excludes halogenated alkanes) is 18. The van der Waals surface area contributed by atoms with Crippen LogP contribution in [0.4, 0.5) is 0 Å². The van der Waals surface area contributed by atoms with Crippen molar-refractivity contribution in [2.24, 2.45) is 0 Å². The molecule has 4 nitrogen and oxygen atoms in total. The van der Waals surface area contributed by atoms with E-state index in [4.69, 9.17) is 9.47 Å². The Morgan fingerprint density at radius 3 is 1.67 bits per heavy atom. The maximum absolute atomic E-state index is 12.1. The van der Waals surface area contributed by atoms with Crippen LogP contribution in [0.5, 0.6) is 11.5 Å². The van der Waals surface area contributed by atoms with Gasteiger partial charge < -0.3 is 9.47 Å². The largest absolute Gasteiger partial charge is 0.493 e. The van der Waals surface area contributed by atoms with E-state index >= 15 is 0 Å². The summed E-state index contributed by atoms with van der Waals surface area (Å²) in [6, 6.07) is 8.10. The molecule has 2 atom stereocenters. The molecule has 2 aliphatic rings. The summed E-state index contributed by atoms with van der Waals surface area (Å²) in [4.78, 5) is 27.1. The molecule has 51 heavy (non-hydrogen) atoms. The van der Waals surface area contributed by atoms with Crippen LogP contribution in [0.1, 0.15) is 191 Å². The molecule has 0 saturated carbocycles. The van der Waals surface area contributed by atoms with Crippen LogP contribution in [0.15, 0.2) is 36.4 Å². The van der Waals surface area contributed by atoms with E-state index in [0.29, 0.717) is 34.8 Å². The number of fused-ring (bicyclic) bond motifs is 5. The molecule has 0 amide bonds. The van der Waals surface area contributed by atoms with Gasteiger partial charge in [-0.1, -0.05) is 142 Å². The third kappa shape index (κ3) is 11.2. The Morgan fingerprint density at radius 1 is 0.588 bits per heavy atom. The molecule has 278 valence electrons. The molecule has 0 N–H and O–H groups in total. The summed E-state index contributed by atoms with van der Waals surface area (Å²) < 4.78 is 13.6. The van der Waals surface area contributed by atoms with Crippen molar-refractivity contribution in [3.05, 3.63) is 57.3 Å². The van der Waals surface area contributed by atoms with Crippen molar-refractivity contribution >= 4 is 35.2 Å². The molecule has 2 bridgehead atoms. The molecule has 6 heteroatoms. The zero-order valence-electron chi connectivity index (χ0n) is 31.5. The Bertz CT molecular complexity index is 1530. The molecule has 0 fully saturated rings. The number of thiophene rings is 2. The van der Waals surface area contributed by atoms with E-state index in [1.807, 2.05) is 18.2 Å². The van der Waals surface area contributed by atoms with Crippen LogP contribution < -0.4 is 9.47 Å². The van der Waals surface area contributed by atoms with Crippen molar-refractivity contribution in [3.8, 4) is 32.4 Å². The molecule has 1 aromatic carbocycles. The van der Waals surface area contributed by atoms with Gasteiger partial charge in [0.25, 0.3) is 0 Å². The second-order valence-corrected chi connectivity index (χ2v) is 17.0. The normalized spacial score (nSPS) is 15.8. The number of carbonyl (C=O) groups excluding carboxylic acids is 2. The molecule has 0 radical (unpaired) electrons. The smallest absolute Gasteiger partial charge is 0.160 e. The highest BCUT2D eigenvalue weighted by Gasteiger charge is 2.40. The Hall–Kier alpha value is -2.70. The molecule has 2 aromatic heterocycles. The Labute approximate surface area is 316 Å². The molecular weight excluding hydrogens is 669 g/mol. The van der Waals surface area contributed by atoms with Crippen LogP contribution in [0.3, 0.4) is 0 Å². The number of benzene rings is 1. The first kappa shape index (κ1) is 39.5. The van der Waals surface area contributed by atoms with Crippen molar-refractivity contribution in [2.45, 2.75) is 161 Å². The summed E-state index contributed by atoms with van der Waals surface area (Å²) >= 11 is 2.97. The molecule has 2 heterocycles. The molecule has 3 aromatic rings. The summed E-state index contributed by atoms with van der Waals surface area (Å²) in [5, 5.41) is 0. The van der Waals surface area contributed by atoms with Crippen molar-refractivity contribution in [1.82, 2.24) is 0 Å². The van der Waals surface area contributed by atoms with Crippen molar-refractivity contribution in [2.75, 3.05) is 13.2 Å². The Morgan fingerprint density at radius 2 is 1.12 bits per heavy atom. The zero-order chi connectivity index (χ0) is 35.7. The first-order valence-electron chi connectivity index (χ1n) is 20.5. The predicted molar refractivity (Wildman–Crippen MR) is 218 cm³/mol. The van der Waals surface area contributed by atoms with Gasteiger partial charge in [0.2, 0.25) is 0 Å². The highest BCUT2D eigenvalue weighted by atomic mass is 32.1. The second-order valence-electron chi connectivity index (χ2n) is 14.8. The highest BCUT2D eigenvalue weighted by molar-refractivity contribution is 7.24. The van der Waals surface area contributed by atoms with Gasteiger partial charge in [0, 0.05) is 39.0 Å². The minimum atomic E-state index is 0.323. The van der Waals surface area contributed by atoms with Crippen LogP contribution in [-0.4, -0.2) is 25.8 Å². The van der Waals surface area contributed by atoms with Crippen LogP contribution in [-0.2, 0) is 0 Å². The first-order chi connectivity index (χ1) is 25.2. The van der Waals surface area contributed by atoms with Gasteiger partial charge in [0.1, 0.15) is 11.5 Å². The van der Waals surface area contributed by atoms with Gasteiger partial charge >= 0.3 is 0 Å². The lowest BCUT2D eigenvalue weighted by molar-refractivity contribution is 0.111. The minimum Gasteiger partial charge on any atom is -0.493 e. The van der Waals surface area contributed by atoms with Crippen LogP contribution in [0, 0.1) is 0 Å². The van der Waals surface area contributed by atoms with E-state index in [1.165, 1.54) is 149 Å². The standard InChI is InChI=1S/C45H62O4S2/c1-3-5-7-9-11-13-15-17-19-21-27-48-40-31-38(39-30-37(33-47)51-45(39)41-26-25-36(32-46)50-41)44(43-35-24-23-34(29-35)42(40)43)49-28-22-20-18-16-14-12-10-8-6-4-2/h23-26,30-35H,3-22,27-29H2,1-2H3/t34-,35+/m1/s1. The van der Waals surface area contributed by atoms with E-state index < -0.39 is 0 Å². The lowest BCUT2D eigenvalue weighted by atomic mass is 9.90. The van der Waals surface area contributed by atoms with E-state index in [0.717, 1.165) is 64.2 Å². The van der Waals surface area contributed by atoms with Gasteiger partial charge in [-0.15, -0.1) is 22.7 Å². The van der Waals surface area contributed by atoms with Gasteiger partial charge in [-0.2, -0.15) is 0 Å². The summed E-state index contributed by atoms with van der Waals surface area (Å²) in [6.07, 6.45) is 33.6. The highest BCUT2D eigenvalue weighted by Crippen LogP contribution is 2.59. The zero-order valence-corrected chi connectivity index (χ0v) is 33.1. The number of ether oxygens (including phenoxy) is 2. The first-order valence-corrected chi connectivity index (χ1v) is 22.1. The quantitative estimate of drug-likeness (QED) is 0.0424. The maximum atomic E-state index is 12.1. The summed E-state index contributed by atoms with van der Waals surface area (Å²) in [5.74, 6) is 2.63. The minimum absolute atomic E-state index is 0.323. The van der Waals surface area contributed by atoms with Crippen LogP contribution in [0.25, 0.3) is 20.9 Å². The lowest BCUT2D eigenvalue weighted by Crippen LogP contribution is -2.08.